The summed E-state index contributed by atoms with van der Waals surface area (Å²) in [7, 11) is 0. The number of halogens is 3. The number of alkyl halides is 3. The highest BCUT2D eigenvalue weighted by atomic mass is 19.4. The summed E-state index contributed by atoms with van der Waals surface area (Å²) in [4.78, 5) is 25.1. The molecule has 0 spiro atoms. The molecule has 1 unspecified atom stereocenters. The minimum Gasteiger partial charge on any atom is -0.462 e. The Balaban J connectivity index is 2.13. The van der Waals surface area contributed by atoms with Crippen LogP contribution < -0.4 is 5.32 Å². The van der Waals surface area contributed by atoms with E-state index in [1.54, 1.807) is 6.92 Å². The van der Waals surface area contributed by atoms with Gasteiger partial charge in [-0.15, -0.1) is 0 Å². The van der Waals surface area contributed by atoms with Crippen molar-refractivity contribution in [2.75, 3.05) is 13.2 Å². The van der Waals surface area contributed by atoms with Crippen molar-refractivity contribution in [3.8, 4) is 0 Å². The molecule has 1 atom stereocenters. The van der Waals surface area contributed by atoms with Crippen LogP contribution in [0.2, 0.25) is 0 Å². The molecule has 8 heteroatoms. The Kier molecular flexibility index (Phi) is 5.49. The van der Waals surface area contributed by atoms with E-state index < -0.39 is 29.6 Å². The van der Waals surface area contributed by atoms with Gasteiger partial charge in [-0.25, -0.2) is 9.59 Å². The van der Waals surface area contributed by atoms with Gasteiger partial charge in [0.2, 0.25) is 0 Å². The van der Waals surface area contributed by atoms with Crippen LogP contribution in [0.5, 0.6) is 0 Å². The molecule has 3 rings (SSSR count). The zero-order valence-electron chi connectivity index (χ0n) is 15.5. The average molecular weight is 395 g/mol. The van der Waals surface area contributed by atoms with Gasteiger partial charge in [-0.05, 0) is 25.0 Å². The molecule has 0 radical (unpaired) electrons. The maximum absolute atomic E-state index is 13.6. The molecule has 0 bridgehead atoms. The van der Waals surface area contributed by atoms with Crippen LogP contribution in [0.4, 0.5) is 13.2 Å². The van der Waals surface area contributed by atoms with Gasteiger partial charge in [0.15, 0.2) is 0 Å². The highest BCUT2D eigenvalue weighted by molar-refractivity contribution is 6.01. The van der Waals surface area contributed by atoms with E-state index in [-0.39, 0.29) is 29.9 Å². The van der Waals surface area contributed by atoms with Gasteiger partial charge in [0, 0.05) is 5.70 Å². The average Bonchev–Trinajstić information content (AvgIpc) is 3.00. The Bertz CT molecular complexity index is 870. The molecule has 0 aromatic heterocycles. The Morgan fingerprint density at radius 1 is 1.32 bits per heavy atom. The van der Waals surface area contributed by atoms with Gasteiger partial charge in [0.25, 0.3) is 0 Å². The van der Waals surface area contributed by atoms with E-state index in [0.29, 0.717) is 17.8 Å². The van der Waals surface area contributed by atoms with Gasteiger partial charge in [0.1, 0.15) is 6.61 Å². The fraction of sp³-hybridized carbons (Fsp3) is 0.400. The summed E-state index contributed by atoms with van der Waals surface area (Å²) in [5, 5.41) is 2.92. The smallest absolute Gasteiger partial charge is 0.416 e. The number of carbonyl (C=O) groups excluding carboxylic acids is 2. The summed E-state index contributed by atoms with van der Waals surface area (Å²) in [6.45, 7) is 3.57. The van der Waals surface area contributed by atoms with E-state index in [1.165, 1.54) is 18.2 Å². The molecule has 5 nitrogen and oxygen atoms in total. The van der Waals surface area contributed by atoms with E-state index in [2.05, 4.69) is 5.32 Å². The van der Waals surface area contributed by atoms with Crippen LogP contribution in [0.25, 0.3) is 0 Å². The molecule has 28 heavy (non-hydrogen) atoms. The molecule has 0 amide bonds. The number of rotatable bonds is 5. The van der Waals surface area contributed by atoms with Crippen LogP contribution in [0.3, 0.4) is 0 Å². The maximum Gasteiger partial charge on any atom is 0.416 e. The third kappa shape index (κ3) is 3.63. The number of unbranched alkanes of at least 4 members (excludes halogenated alkanes) is 1. The molecule has 1 aromatic rings. The number of ether oxygens (including phenoxy) is 2. The number of nitrogens with one attached hydrogen (secondary N) is 1. The first-order chi connectivity index (χ1) is 13.3. The van der Waals surface area contributed by atoms with Crippen molar-refractivity contribution in [1.82, 2.24) is 5.32 Å². The zero-order valence-corrected chi connectivity index (χ0v) is 15.5. The number of cyclic esters (lactones) is 1. The summed E-state index contributed by atoms with van der Waals surface area (Å²) in [6.07, 6.45) is -3.22. The first kappa shape index (κ1) is 20.0. The lowest BCUT2D eigenvalue weighted by Crippen LogP contribution is -2.31. The molecule has 1 aromatic carbocycles. The molecule has 0 saturated carbocycles. The lowest BCUT2D eigenvalue weighted by atomic mass is 9.79. The number of hydrogen-bond acceptors (Lipinski definition) is 5. The van der Waals surface area contributed by atoms with Crippen molar-refractivity contribution in [2.24, 2.45) is 0 Å². The van der Waals surface area contributed by atoms with Crippen molar-refractivity contribution in [3.05, 3.63) is 57.9 Å². The predicted molar refractivity (Wildman–Crippen MR) is 93.9 cm³/mol. The molecule has 0 fully saturated rings. The normalized spacial score (nSPS) is 19.3. The lowest BCUT2D eigenvalue weighted by Gasteiger charge is -2.29. The second kappa shape index (κ2) is 7.69. The van der Waals surface area contributed by atoms with E-state index in [4.69, 9.17) is 9.47 Å². The number of hydrogen-bond donors (Lipinski definition) is 1. The molecule has 150 valence electrons. The van der Waals surface area contributed by atoms with E-state index in [9.17, 15) is 22.8 Å². The number of esters is 2. The Labute approximate surface area is 160 Å². The standard InChI is InChI=1S/C20H20F3NO4/c1-3-4-9-27-18(25)15-11(2)24-14-10-28-19(26)17(14)16(15)12-7-5-6-8-13(12)20(21,22)23/h5-8,16,24H,3-4,9-10H2,1-2H3. The first-order valence-corrected chi connectivity index (χ1v) is 8.96. The molecular formula is C20H20F3NO4. The molecule has 2 aliphatic heterocycles. The maximum atomic E-state index is 13.6. The van der Waals surface area contributed by atoms with Crippen molar-refractivity contribution < 1.29 is 32.2 Å². The zero-order chi connectivity index (χ0) is 20.5. The molecular weight excluding hydrogens is 375 g/mol. The van der Waals surface area contributed by atoms with E-state index in [1.807, 2.05) is 6.92 Å². The first-order valence-electron chi connectivity index (χ1n) is 8.96. The number of allylic oxidation sites excluding steroid dienone is 1. The Hall–Kier alpha value is -2.77. The number of benzene rings is 1. The molecule has 2 heterocycles. The van der Waals surface area contributed by atoms with Crippen molar-refractivity contribution in [1.29, 1.82) is 0 Å². The quantitative estimate of drug-likeness (QED) is 0.607. The number of dihydropyridines is 1. The fourth-order valence-electron chi connectivity index (χ4n) is 3.44. The van der Waals surface area contributed by atoms with Crippen LogP contribution in [0.15, 0.2) is 46.8 Å². The third-order valence-corrected chi connectivity index (χ3v) is 4.74. The van der Waals surface area contributed by atoms with Gasteiger partial charge in [-0.2, -0.15) is 13.2 Å². The minimum absolute atomic E-state index is 0.00889. The van der Waals surface area contributed by atoms with Crippen LogP contribution in [-0.4, -0.2) is 25.2 Å². The van der Waals surface area contributed by atoms with Gasteiger partial charge in [0.05, 0.1) is 34.9 Å². The number of carbonyl (C=O) groups is 2. The summed E-state index contributed by atoms with van der Waals surface area (Å²) in [5.41, 5.74) is -0.352. The SMILES string of the molecule is CCCCOC(=O)C1=C(C)NC2=C(C(=O)OC2)C1c1ccccc1C(F)(F)F. The molecule has 1 N–H and O–H groups in total. The van der Waals surface area contributed by atoms with Gasteiger partial charge in [-0.3, -0.25) is 0 Å². The van der Waals surface area contributed by atoms with Gasteiger partial charge >= 0.3 is 18.1 Å². The van der Waals surface area contributed by atoms with Crippen molar-refractivity contribution in [2.45, 2.75) is 38.8 Å². The second-order valence-corrected chi connectivity index (χ2v) is 6.64. The Morgan fingerprint density at radius 3 is 2.71 bits per heavy atom. The summed E-state index contributed by atoms with van der Waals surface area (Å²) < 4.78 is 51.2. The van der Waals surface area contributed by atoms with Crippen LogP contribution in [0, 0.1) is 0 Å². The van der Waals surface area contributed by atoms with Crippen molar-refractivity contribution in [3.63, 3.8) is 0 Å². The van der Waals surface area contributed by atoms with Gasteiger partial charge in [-0.1, -0.05) is 31.5 Å². The monoisotopic (exact) mass is 395 g/mol. The van der Waals surface area contributed by atoms with Gasteiger partial charge < -0.3 is 14.8 Å². The highest BCUT2D eigenvalue weighted by Crippen LogP contribution is 2.45. The topological polar surface area (TPSA) is 64.6 Å². The molecule has 2 aliphatic rings. The molecule has 0 aliphatic carbocycles. The predicted octanol–water partition coefficient (Wildman–Crippen LogP) is 3.82. The highest BCUT2D eigenvalue weighted by Gasteiger charge is 2.45. The lowest BCUT2D eigenvalue weighted by molar-refractivity contribution is -0.141. The summed E-state index contributed by atoms with van der Waals surface area (Å²) in [5.74, 6) is -2.69. The Morgan fingerprint density at radius 2 is 2.04 bits per heavy atom. The van der Waals surface area contributed by atoms with E-state index >= 15 is 0 Å². The van der Waals surface area contributed by atoms with Crippen LogP contribution >= 0.6 is 0 Å². The summed E-state index contributed by atoms with van der Waals surface area (Å²) >= 11 is 0. The fourth-order valence-corrected chi connectivity index (χ4v) is 3.44. The summed E-state index contributed by atoms with van der Waals surface area (Å²) in [6, 6.07) is 4.93. The van der Waals surface area contributed by atoms with Crippen molar-refractivity contribution >= 4 is 11.9 Å². The molecule has 0 saturated heterocycles. The van der Waals surface area contributed by atoms with Crippen LogP contribution in [-0.2, 0) is 25.2 Å². The third-order valence-electron chi connectivity index (χ3n) is 4.74. The largest absolute Gasteiger partial charge is 0.462 e. The van der Waals surface area contributed by atoms with Crippen LogP contribution in [0.1, 0.15) is 43.7 Å². The van der Waals surface area contributed by atoms with E-state index in [0.717, 1.165) is 12.5 Å². The minimum atomic E-state index is -4.64. The second-order valence-electron chi connectivity index (χ2n) is 6.64.